The molecule has 1 fully saturated rings. The summed E-state index contributed by atoms with van der Waals surface area (Å²) in [5.74, 6) is 0.809. The lowest BCUT2D eigenvalue weighted by Gasteiger charge is -2.22. The first-order valence-electron chi connectivity index (χ1n) is 7.22. The van der Waals surface area contributed by atoms with Crippen molar-refractivity contribution in [3.63, 3.8) is 0 Å². The van der Waals surface area contributed by atoms with E-state index in [9.17, 15) is 9.59 Å². The first kappa shape index (κ1) is 16.1. The molecule has 0 radical (unpaired) electrons. The molecular formula is C15H17N3O3S2. The lowest BCUT2D eigenvalue weighted by Crippen LogP contribution is -2.33. The van der Waals surface area contributed by atoms with Crippen LogP contribution in [0.4, 0.5) is 4.79 Å². The van der Waals surface area contributed by atoms with Gasteiger partial charge in [-0.3, -0.25) is 14.1 Å². The maximum Gasteiger partial charge on any atom is 0.410 e. The Bertz CT molecular complexity index is 739. The predicted molar refractivity (Wildman–Crippen MR) is 90.7 cm³/mol. The SMILES string of the molecule is C=CCOC(=O)N1C[C@@H](SC(C)=O)C[C@H]1c1ncc2sccn12. The third-order valence-electron chi connectivity index (χ3n) is 3.64. The zero-order valence-corrected chi connectivity index (χ0v) is 14.3. The molecule has 0 aromatic carbocycles. The van der Waals surface area contributed by atoms with E-state index in [1.807, 2.05) is 16.0 Å². The fraction of sp³-hybridized carbons (Fsp3) is 0.400. The Morgan fingerprint density at radius 1 is 1.61 bits per heavy atom. The summed E-state index contributed by atoms with van der Waals surface area (Å²) >= 11 is 2.87. The summed E-state index contributed by atoms with van der Waals surface area (Å²) in [6.45, 7) is 5.75. The molecule has 1 aliphatic rings. The molecule has 1 amide bonds. The molecule has 0 aliphatic carbocycles. The molecule has 0 saturated carbocycles. The number of likely N-dealkylation sites (tertiary alicyclic amines) is 1. The van der Waals surface area contributed by atoms with E-state index in [4.69, 9.17) is 4.74 Å². The van der Waals surface area contributed by atoms with E-state index >= 15 is 0 Å². The fourth-order valence-electron chi connectivity index (χ4n) is 2.78. The number of rotatable bonds is 4. The average molecular weight is 351 g/mol. The second-order valence-corrected chi connectivity index (χ2v) is 7.63. The zero-order valence-electron chi connectivity index (χ0n) is 12.7. The van der Waals surface area contributed by atoms with E-state index in [-0.39, 0.29) is 23.0 Å². The number of hydrogen-bond donors (Lipinski definition) is 0. The number of amides is 1. The van der Waals surface area contributed by atoms with E-state index in [2.05, 4.69) is 11.6 Å². The van der Waals surface area contributed by atoms with Crippen LogP contribution in [0, 0.1) is 0 Å². The Balaban J connectivity index is 1.87. The van der Waals surface area contributed by atoms with Crippen LogP contribution in [0.2, 0.25) is 0 Å². The van der Waals surface area contributed by atoms with Gasteiger partial charge in [-0.15, -0.1) is 11.3 Å². The maximum atomic E-state index is 12.3. The Morgan fingerprint density at radius 3 is 3.17 bits per heavy atom. The van der Waals surface area contributed by atoms with E-state index in [0.717, 1.165) is 10.7 Å². The molecule has 8 heteroatoms. The van der Waals surface area contributed by atoms with Gasteiger partial charge in [-0.2, -0.15) is 0 Å². The standard InChI is InChI=1S/C15H17N3O3S2/c1-3-5-21-15(20)18-9-11(23-10(2)19)7-12(18)14-16-8-13-17(14)4-6-22-13/h3-4,6,8,11-12H,1,5,7,9H2,2H3/t11-,12-/m0/s1. The van der Waals surface area contributed by atoms with Gasteiger partial charge in [-0.25, -0.2) is 9.78 Å². The van der Waals surface area contributed by atoms with Gasteiger partial charge in [-0.1, -0.05) is 24.4 Å². The smallest absolute Gasteiger partial charge is 0.410 e. The van der Waals surface area contributed by atoms with Crippen molar-refractivity contribution in [3.8, 4) is 0 Å². The molecule has 2 atom stereocenters. The Kier molecular flexibility index (Phi) is 4.72. The van der Waals surface area contributed by atoms with Gasteiger partial charge in [0, 0.05) is 30.3 Å². The van der Waals surface area contributed by atoms with Crippen LogP contribution in [-0.2, 0) is 9.53 Å². The Morgan fingerprint density at radius 2 is 2.43 bits per heavy atom. The normalized spacial score (nSPS) is 20.8. The van der Waals surface area contributed by atoms with Gasteiger partial charge >= 0.3 is 6.09 Å². The van der Waals surface area contributed by atoms with Crippen molar-refractivity contribution in [1.29, 1.82) is 0 Å². The van der Waals surface area contributed by atoms with Crippen LogP contribution in [0.3, 0.4) is 0 Å². The van der Waals surface area contributed by atoms with Crippen LogP contribution in [0.5, 0.6) is 0 Å². The van der Waals surface area contributed by atoms with Gasteiger partial charge in [0.1, 0.15) is 17.3 Å². The molecule has 1 aliphatic heterocycles. The van der Waals surface area contributed by atoms with Gasteiger partial charge in [-0.05, 0) is 6.42 Å². The lowest BCUT2D eigenvalue weighted by atomic mass is 10.2. The highest BCUT2D eigenvalue weighted by atomic mass is 32.2. The third-order valence-corrected chi connectivity index (χ3v) is 5.45. The minimum absolute atomic E-state index is 0.0545. The highest BCUT2D eigenvalue weighted by Crippen LogP contribution is 2.38. The van der Waals surface area contributed by atoms with Gasteiger partial charge in [0.2, 0.25) is 0 Å². The molecule has 2 aromatic heterocycles. The number of aromatic nitrogens is 2. The summed E-state index contributed by atoms with van der Waals surface area (Å²) in [5, 5.41) is 2.09. The molecule has 23 heavy (non-hydrogen) atoms. The Hall–Kier alpha value is -1.80. The van der Waals surface area contributed by atoms with Crippen LogP contribution in [0.15, 0.2) is 30.4 Å². The van der Waals surface area contributed by atoms with Crippen LogP contribution < -0.4 is 0 Å². The molecule has 1 saturated heterocycles. The fourth-order valence-corrected chi connectivity index (χ4v) is 4.47. The molecular weight excluding hydrogens is 334 g/mol. The minimum atomic E-state index is -0.395. The van der Waals surface area contributed by atoms with Crippen molar-refractivity contribution in [3.05, 3.63) is 36.3 Å². The summed E-state index contributed by atoms with van der Waals surface area (Å²) in [6, 6.07) is -0.193. The number of thiazole rings is 1. The molecule has 122 valence electrons. The first-order valence-corrected chi connectivity index (χ1v) is 8.98. The summed E-state index contributed by atoms with van der Waals surface area (Å²) in [4.78, 5) is 30.9. The van der Waals surface area contributed by atoms with Crippen LogP contribution in [0.1, 0.15) is 25.2 Å². The second-order valence-electron chi connectivity index (χ2n) is 5.23. The number of carbonyl (C=O) groups excluding carboxylic acids is 2. The quantitative estimate of drug-likeness (QED) is 0.792. The topological polar surface area (TPSA) is 63.9 Å². The summed E-state index contributed by atoms with van der Waals surface area (Å²) in [6.07, 6.45) is 5.58. The van der Waals surface area contributed by atoms with Crippen molar-refractivity contribution in [1.82, 2.24) is 14.3 Å². The van der Waals surface area contributed by atoms with Gasteiger partial charge in [0.15, 0.2) is 5.12 Å². The van der Waals surface area contributed by atoms with E-state index in [1.54, 1.807) is 29.4 Å². The molecule has 0 unspecified atom stereocenters. The van der Waals surface area contributed by atoms with Gasteiger partial charge in [0.25, 0.3) is 0 Å². The van der Waals surface area contributed by atoms with Crippen molar-refractivity contribution >= 4 is 39.1 Å². The van der Waals surface area contributed by atoms with Crippen molar-refractivity contribution in [2.24, 2.45) is 0 Å². The number of imidazole rings is 1. The molecule has 3 heterocycles. The number of carbonyl (C=O) groups is 2. The highest BCUT2D eigenvalue weighted by molar-refractivity contribution is 8.14. The summed E-state index contributed by atoms with van der Waals surface area (Å²) < 4.78 is 7.18. The number of fused-ring (bicyclic) bond motifs is 1. The zero-order chi connectivity index (χ0) is 16.4. The van der Waals surface area contributed by atoms with Crippen molar-refractivity contribution in [2.45, 2.75) is 24.6 Å². The molecule has 3 rings (SSSR count). The van der Waals surface area contributed by atoms with Crippen LogP contribution in [-0.4, -0.2) is 43.9 Å². The molecule has 0 N–H and O–H groups in total. The molecule has 0 spiro atoms. The number of nitrogens with zero attached hydrogens (tertiary/aromatic N) is 3. The lowest BCUT2D eigenvalue weighted by molar-refractivity contribution is -0.109. The second kappa shape index (κ2) is 6.76. The van der Waals surface area contributed by atoms with Crippen LogP contribution >= 0.6 is 23.1 Å². The molecule has 2 aromatic rings. The van der Waals surface area contributed by atoms with E-state index in [1.165, 1.54) is 17.8 Å². The first-order chi connectivity index (χ1) is 11.1. The van der Waals surface area contributed by atoms with Crippen LogP contribution in [0.25, 0.3) is 4.83 Å². The number of thioether (sulfide) groups is 1. The Labute approximate surface area is 142 Å². The van der Waals surface area contributed by atoms with E-state index in [0.29, 0.717) is 13.0 Å². The molecule has 0 bridgehead atoms. The average Bonchev–Trinajstić information content (AvgIpc) is 3.18. The highest BCUT2D eigenvalue weighted by Gasteiger charge is 2.40. The van der Waals surface area contributed by atoms with Crippen molar-refractivity contribution in [2.75, 3.05) is 13.2 Å². The summed E-state index contributed by atoms with van der Waals surface area (Å²) in [5.41, 5.74) is 0. The monoisotopic (exact) mass is 351 g/mol. The number of ether oxygens (including phenoxy) is 1. The molecule has 6 nitrogen and oxygen atoms in total. The summed E-state index contributed by atoms with van der Waals surface area (Å²) in [7, 11) is 0. The maximum absolute atomic E-state index is 12.3. The minimum Gasteiger partial charge on any atom is -0.445 e. The van der Waals surface area contributed by atoms with E-state index < -0.39 is 6.09 Å². The van der Waals surface area contributed by atoms with Crippen molar-refractivity contribution < 1.29 is 14.3 Å². The third kappa shape index (κ3) is 3.28. The predicted octanol–water partition coefficient (Wildman–Crippen LogP) is 3.11. The van der Waals surface area contributed by atoms with Gasteiger partial charge < -0.3 is 4.74 Å². The largest absolute Gasteiger partial charge is 0.445 e. The number of hydrogen-bond acceptors (Lipinski definition) is 6. The van der Waals surface area contributed by atoms with Gasteiger partial charge in [0.05, 0.1) is 12.2 Å².